The standard InChI is InChI=1S/C24H18ClF4N5O6S2/c1-32-18(24(27,28)29)11-20(36)33(23(32)38)16-9-15(13(25)8-14(16)26)31-22-34(2,21(37)17(41-22)10-19(30)35)42(39,40)12-6-4-3-5-7-12/h3-9,11,17H,10H2,1-2H3,(H-,30,35)/p+1. The van der Waals surface area contributed by atoms with Crippen LogP contribution in [0.15, 0.2) is 68.0 Å². The molecule has 2 heterocycles. The number of carbonyl (C=O) groups excluding carboxylic acids is 2. The van der Waals surface area contributed by atoms with Gasteiger partial charge in [-0.25, -0.2) is 18.5 Å². The van der Waals surface area contributed by atoms with Crippen molar-refractivity contribution in [3.05, 3.63) is 85.9 Å². The van der Waals surface area contributed by atoms with E-state index in [1.165, 1.54) is 30.3 Å². The Bertz CT molecular complexity index is 1890. The maximum atomic E-state index is 15.0. The van der Waals surface area contributed by atoms with Gasteiger partial charge in [-0.15, -0.1) is 3.89 Å². The number of rotatable bonds is 6. The second-order valence-electron chi connectivity index (χ2n) is 9.02. The zero-order valence-electron chi connectivity index (χ0n) is 21.4. The van der Waals surface area contributed by atoms with Crippen LogP contribution < -0.4 is 17.0 Å². The monoisotopic (exact) mass is 648 g/mol. The average Bonchev–Trinajstić information content (AvgIpc) is 3.13. The summed E-state index contributed by atoms with van der Waals surface area (Å²) in [4.78, 5) is 54.3. The maximum absolute atomic E-state index is 15.0. The van der Waals surface area contributed by atoms with Crippen molar-refractivity contribution in [1.29, 1.82) is 0 Å². The van der Waals surface area contributed by atoms with Crippen molar-refractivity contribution in [2.24, 2.45) is 17.8 Å². The van der Waals surface area contributed by atoms with E-state index in [-0.39, 0.29) is 20.1 Å². The molecule has 1 aliphatic rings. The predicted molar refractivity (Wildman–Crippen MR) is 144 cm³/mol. The first kappa shape index (κ1) is 31.1. The Labute approximate surface area is 243 Å². The number of primary amides is 1. The lowest BCUT2D eigenvalue weighted by Crippen LogP contribution is -2.54. The van der Waals surface area contributed by atoms with Gasteiger partial charge in [0, 0.05) is 13.1 Å². The van der Waals surface area contributed by atoms with E-state index in [0.717, 1.165) is 20.2 Å². The minimum absolute atomic E-state index is 0.0985. The number of alkyl halides is 3. The Kier molecular flexibility index (Phi) is 8.00. The average molecular weight is 649 g/mol. The summed E-state index contributed by atoms with van der Waals surface area (Å²) in [7, 11) is -2.86. The van der Waals surface area contributed by atoms with Crippen LogP contribution in [0.25, 0.3) is 5.69 Å². The highest BCUT2D eigenvalue weighted by Gasteiger charge is 2.61. The Hall–Kier alpha value is -3.80. The summed E-state index contributed by atoms with van der Waals surface area (Å²) in [5, 5.41) is -2.20. The Balaban J connectivity index is 1.97. The van der Waals surface area contributed by atoms with E-state index in [2.05, 4.69) is 4.99 Å². The molecule has 2 N–H and O–H groups in total. The van der Waals surface area contributed by atoms with Gasteiger partial charge in [0.1, 0.15) is 21.7 Å². The van der Waals surface area contributed by atoms with E-state index in [9.17, 15) is 40.8 Å². The molecule has 1 aromatic heterocycles. The molecular weight excluding hydrogens is 630 g/mol. The van der Waals surface area contributed by atoms with Crippen LogP contribution in [0, 0.1) is 5.82 Å². The first-order chi connectivity index (χ1) is 19.4. The lowest BCUT2D eigenvalue weighted by Gasteiger charge is -2.24. The molecule has 2 amide bonds. The summed E-state index contributed by atoms with van der Waals surface area (Å²) < 4.78 is 81.0. The molecular formula is C24H19ClF4N5O6S2+. The molecule has 11 nitrogen and oxygen atoms in total. The molecule has 2 unspecified atom stereocenters. The van der Waals surface area contributed by atoms with Crippen molar-refractivity contribution < 1.29 is 39.5 Å². The van der Waals surface area contributed by atoms with Crippen molar-refractivity contribution in [3.63, 3.8) is 0 Å². The fourth-order valence-corrected chi connectivity index (χ4v) is 7.58. The Morgan fingerprint density at radius 2 is 1.76 bits per heavy atom. The minimum atomic E-state index is -5.07. The summed E-state index contributed by atoms with van der Waals surface area (Å²) in [6.07, 6.45) is -5.62. The largest absolute Gasteiger partial charge is 0.431 e. The molecule has 0 spiro atoms. The molecule has 0 bridgehead atoms. The Morgan fingerprint density at radius 3 is 2.33 bits per heavy atom. The van der Waals surface area contributed by atoms with Gasteiger partial charge < -0.3 is 5.73 Å². The van der Waals surface area contributed by atoms with Crippen molar-refractivity contribution in [2.45, 2.75) is 22.7 Å². The number of sulfonamides is 1. The molecule has 0 saturated carbocycles. The lowest BCUT2D eigenvalue weighted by molar-refractivity contribution is -0.594. The quantitative estimate of drug-likeness (QED) is 0.319. The number of aromatic nitrogens is 2. The highest BCUT2D eigenvalue weighted by atomic mass is 35.5. The number of hydrogen-bond donors (Lipinski definition) is 1. The molecule has 18 heteroatoms. The fourth-order valence-electron chi connectivity index (χ4n) is 4.11. The van der Waals surface area contributed by atoms with Crippen LogP contribution in [0.3, 0.4) is 0 Å². The van der Waals surface area contributed by atoms with Crippen LogP contribution in [0.2, 0.25) is 5.02 Å². The smallest absolute Gasteiger partial charge is 0.370 e. The number of halogens is 5. The van der Waals surface area contributed by atoms with E-state index in [1.807, 2.05) is 0 Å². The summed E-state index contributed by atoms with van der Waals surface area (Å²) in [6.45, 7) is 0. The van der Waals surface area contributed by atoms with Gasteiger partial charge in [0.25, 0.3) is 10.7 Å². The van der Waals surface area contributed by atoms with Gasteiger partial charge in [-0.1, -0.05) is 29.8 Å². The van der Waals surface area contributed by atoms with Gasteiger partial charge in [-0.3, -0.25) is 14.2 Å². The molecule has 0 radical (unpaired) electrons. The summed E-state index contributed by atoms with van der Waals surface area (Å²) in [6, 6.07) is 8.27. The SMILES string of the molecule is Cn1c(C(F)(F)F)cc(=O)n(-c2cc(N=C3SC(CC(N)=O)C(=O)[N+]3(C)S(=O)(=O)c3ccccc3)c(Cl)cc2F)c1=O. The summed E-state index contributed by atoms with van der Waals surface area (Å²) in [5.41, 5.74) is -0.690. The van der Waals surface area contributed by atoms with E-state index in [1.54, 1.807) is 0 Å². The van der Waals surface area contributed by atoms with Gasteiger partial charge in [0.15, 0.2) is 0 Å². The topological polar surface area (TPSA) is 151 Å². The molecule has 0 aliphatic carbocycles. The van der Waals surface area contributed by atoms with E-state index in [4.69, 9.17) is 17.3 Å². The van der Waals surface area contributed by atoms with E-state index < -0.39 is 87.9 Å². The van der Waals surface area contributed by atoms with Crippen LogP contribution in [0.1, 0.15) is 12.1 Å². The predicted octanol–water partition coefficient (Wildman–Crippen LogP) is 2.69. The molecule has 2 aromatic carbocycles. The molecule has 222 valence electrons. The van der Waals surface area contributed by atoms with Crippen molar-refractivity contribution in [2.75, 3.05) is 7.05 Å². The number of benzene rings is 2. The van der Waals surface area contributed by atoms with Gasteiger partial charge >= 0.3 is 27.8 Å². The fraction of sp³-hybridized carbons (Fsp3) is 0.208. The number of nitrogens with zero attached hydrogens (tertiary/aromatic N) is 4. The molecule has 4 rings (SSSR count). The maximum Gasteiger partial charge on any atom is 0.431 e. The third kappa shape index (κ3) is 5.16. The number of hydrogen-bond acceptors (Lipinski definition) is 8. The van der Waals surface area contributed by atoms with Crippen LogP contribution in [-0.4, -0.2) is 50.7 Å². The van der Waals surface area contributed by atoms with Crippen molar-refractivity contribution >= 4 is 56.1 Å². The molecule has 1 fully saturated rings. The number of aliphatic imine (C=N–C) groups is 1. The highest BCUT2D eigenvalue weighted by Crippen LogP contribution is 2.42. The molecule has 42 heavy (non-hydrogen) atoms. The first-order valence-corrected chi connectivity index (χ1v) is 14.3. The molecule has 1 saturated heterocycles. The van der Waals surface area contributed by atoms with Crippen LogP contribution >= 0.6 is 23.4 Å². The van der Waals surface area contributed by atoms with Crippen LogP contribution in [0.5, 0.6) is 0 Å². The van der Waals surface area contributed by atoms with Gasteiger partial charge in [-0.05, 0) is 36.0 Å². The lowest BCUT2D eigenvalue weighted by atomic mass is 10.2. The van der Waals surface area contributed by atoms with Crippen molar-refractivity contribution in [3.8, 4) is 5.69 Å². The minimum Gasteiger partial charge on any atom is -0.370 e. The highest BCUT2D eigenvalue weighted by molar-refractivity contribution is 8.16. The van der Waals surface area contributed by atoms with Crippen molar-refractivity contribution in [1.82, 2.24) is 9.13 Å². The summed E-state index contributed by atoms with van der Waals surface area (Å²) in [5.74, 6) is -3.18. The number of amides is 2. The molecule has 1 aliphatic heterocycles. The molecule has 3 aromatic rings. The number of carbonyl (C=O) groups is 2. The zero-order valence-corrected chi connectivity index (χ0v) is 23.8. The van der Waals surface area contributed by atoms with Crippen LogP contribution in [0.4, 0.5) is 23.2 Å². The van der Waals surface area contributed by atoms with E-state index in [0.29, 0.717) is 17.8 Å². The number of quaternary nitrogens is 1. The van der Waals surface area contributed by atoms with Gasteiger partial charge in [0.05, 0.1) is 29.9 Å². The molecule has 2 atom stereocenters. The Morgan fingerprint density at radius 1 is 1.14 bits per heavy atom. The van der Waals surface area contributed by atoms with Crippen LogP contribution in [-0.2, 0) is 32.8 Å². The number of thioether (sulfide) groups is 1. The normalized spacial score (nSPS) is 20.3. The first-order valence-electron chi connectivity index (χ1n) is 11.6. The van der Waals surface area contributed by atoms with Gasteiger partial charge in [-0.2, -0.15) is 26.6 Å². The number of amidine groups is 1. The summed E-state index contributed by atoms with van der Waals surface area (Å²) >= 11 is 6.73. The third-order valence-corrected chi connectivity index (χ3v) is 10.2. The third-order valence-electron chi connectivity index (χ3n) is 6.30. The second kappa shape index (κ2) is 10.8. The zero-order chi connectivity index (χ0) is 31.4. The van der Waals surface area contributed by atoms with Gasteiger partial charge in [0.2, 0.25) is 5.91 Å². The number of nitrogens with two attached hydrogens (primary N) is 1. The van der Waals surface area contributed by atoms with E-state index >= 15 is 4.39 Å². The second-order valence-corrected chi connectivity index (χ2v) is 12.7.